The van der Waals surface area contributed by atoms with Crippen molar-refractivity contribution in [2.45, 2.75) is 19.8 Å². The summed E-state index contributed by atoms with van der Waals surface area (Å²) in [6, 6.07) is 6.13. The number of amides is 1. The Kier molecular flexibility index (Phi) is 5.37. The van der Waals surface area contributed by atoms with Crippen molar-refractivity contribution in [2.24, 2.45) is 5.73 Å². The number of hydrogen-bond acceptors (Lipinski definition) is 7. The summed E-state index contributed by atoms with van der Waals surface area (Å²) in [6.45, 7) is 7.84. The standard InChI is InChI=1S/C23H28N8O2/c1-14(2)20-21(15-10-17(33-3)23-25-13-26-31(23)11-15)27-16-4-5-19(28-22(16)20)30-8-6-29(7-9-30)12-18(24)32/h4-5,10-11,13-14,27H,6-9,12H2,1-3H3,(H2,24,32). The van der Waals surface area contributed by atoms with Crippen LogP contribution in [-0.4, -0.2) is 75.2 Å². The lowest BCUT2D eigenvalue weighted by atomic mass is 9.99. The third kappa shape index (κ3) is 3.86. The zero-order chi connectivity index (χ0) is 23.1. The molecule has 1 aliphatic rings. The van der Waals surface area contributed by atoms with E-state index in [1.165, 1.54) is 6.33 Å². The molecule has 0 aromatic carbocycles. The average Bonchev–Trinajstić information content (AvgIpc) is 3.42. The monoisotopic (exact) mass is 448 g/mol. The molecule has 0 aliphatic carbocycles. The van der Waals surface area contributed by atoms with Crippen LogP contribution in [0, 0.1) is 0 Å². The zero-order valence-corrected chi connectivity index (χ0v) is 19.1. The molecule has 0 saturated carbocycles. The van der Waals surface area contributed by atoms with Gasteiger partial charge in [0.1, 0.15) is 12.1 Å². The number of methoxy groups -OCH3 is 1. The number of nitrogens with zero attached hydrogens (tertiary/aromatic N) is 6. The van der Waals surface area contributed by atoms with Crippen molar-refractivity contribution < 1.29 is 9.53 Å². The molecule has 5 rings (SSSR count). The molecule has 5 heterocycles. The largest absolute Gasteiger partial charge is 0.493 e. The first-order valence-electron chi connectivity index (χ1n) is 11.1. The molecule has 1 amide bonds. The smallest absolute Gasteiger partial charge is 0.231 e. The number of hydrogen-bond donors (Lipinski definition) is 2. The quantitative estimate of drug-likeness (QED) is 0.463. The van der Waals surface area contributed by atoms with Gasteiger partial charge in [0, 0.05) is 43.5 Å². The van der Waals surface area contributed by atoms with Crippen LogP contribution in [0.5, 0.6) is 5.75 Å². The van der Waals surface area contributed by atoms with Gasteiger partial charge in [0.05, 0.1) is 30.4 Å². The Labute approximate surface area is 191 Å². The molecule has 0 unspecified atom stereocenters. The summed E-state index contributed by atoms with van der Waals surface area (Å²) in [5, 5.41) is 4.30. The van der Waals surface area contributed by atoms with Gasteiger partial charge in [-0.3, -0.25) is 9.69 Å². The molecular formula is C23H28N8O2. The van der Waals surface area contributed by atoms with Gasteiger partial charge < -0.3 is 20.4 Å². The Morgan fingerprint density at radius 1 is 1.24 bits per heavy atom. The molecular weight excluding hydrogens is 420 g/mol. The lowest BCUT2D eigenvalue weighted by Gasteiger charge is -2.34. The van der Waals surface area contributed by atoms with E-state index in [1.807, 2.05) is 12.3 Å². The summed E-state index contributed by atoms with van der Waals surface area (Å²) in [4.78, 5) is 28.5. The highest BCUT2D eigenvalue weighted by Gasteiger charge is 2.23. The van der Waals surface area contributed by atoms with Crippen LogP contribution in [0.15, 0.2) is 30.7 Å². The van der Waals surface area contributed by atoms with E-state index in [0.29, 0.717) is 17.9 Å². The van der Waals surface area contributed by atoms with Crippen LogP contribution in [0.4, 0.5) is 5.82 Å². The minimum absolute atomic E-state index is 0.251. The number of aromatic nitrogens is 5. The third-order valence-corrected chi connectivity index (χ3v) is 6.17. The fourth-order valence-electron chi connectivity index (χ4n) is 4.58. The first kappa shape index (κ1) is 21.2. The number of H-pyrrole nitrogens is 1. The predicted molar refractivity (Wildman–Crippen MR) is 127 cm³/mol. The molecule has 1 aliphatic heterocycles. The highest BCUT2D eigenvalue weighted by atomic mass is 16.5. The number of fused-ring (bicyclic) bond motifs is 2. The maximum atomic E-state index is 11.2. The van der Waals surface area contributed by atoms with E-state index >= 15 is 0 Å². The van der Waals surface area contributed by atoms with Gasteiger partial charge in [-0.2, -0.15) is 5.10 Å². The van der Waals surface area contributed by atoms with Gasteiger partial charge in [0.2, 0.25) is 5.91 Å². The molecule has 10 nitrogen and oxygen atoms in total. The van der Waals surface area contributed by atoms with E-state index in [1.54, 1.807) is 11.6 Å². The van der Waals surface area contributed by atoms with Crippen molar-refractivity contribution in [2.75, 3.05) is 44.7 Å². The van der Waals surface area contributed by atoms with E-state index in [0.717, 1.165) is 59.9 Å². The molecule has 1 saturated heterocycles. The number of nitrogens with two attached hydrogens (primary N) is 1. The van der Waals surface area contributed by atoms with Crippen molar-refractivity contribution in [3.05, 3.63) is 36.3 Å². The number of aromatic amines is 1. The van der Waals surface area contributed by atoms with E-state index in [2.05, 4.69) is 50.8 Å². The lowest BCUT2D eigenvalue weighted by Crippen LogP contribution is -2.49. The Morgan fingerprint density at radius 3 is 2.73 bits per heavy atom. The number of carbonyl (C=O) groups excluding carboxylic acids is 1. The van der Waals surface area contributed by atoms with Crippen molar-refractivity contribution in [3.63, 3.8) is 0 Å². The van der Waals surface area contributed by atoms with Gasteiger partial charge >= 0.3 is 0 Å². The number of rotatable bonds is 6. The molecule has 33 heavy (non-hydrogen) atoms. The van der Waals surface area contributed by atoms with Crippen LogP contribution in [-0.2, 0) is 4.79 Å². The molecule has 0 radical (unpaired) electrons. The minimum atomic E-state index is -0.287. The van der Waals surface area contributed by atoms with Crippen LogP contribution in [0.1, 0.15) is 25.3 Å². The molecule has 0 atom stereocenters. The topological polar surface area (TPSA) is 118 Å². The second-order valence-electron chi connectivity index (χ2n) is 8.69. The van der Waals surface area contributed by atoms with Gasteiger partial charge in [-0.1, -0.05) is 13.8 Å². The molecule has 4 aromatic heterocycles. The van der Waals surface area contributed by atoms with Crippen molar-refractivity contribution in [1.82, 2.24) is 29.5 Å². The van der Waals surface area contributed by atoms with Crippen LogP contribution >= 0.6 is 0 Å². The van der Waals surface area contributed by atoms with Gasteiger partial charge in [-0.15, -0.1) is 0 Å². The number of pyridine rings is 2. The first-order chi connectivity index (χ1) is 15.9. The highest BCUT2D eigenvalue weighted by molar-refractivity contribution is 5.90. The van der Waals surface area contributed by atoms with Gasteiger partial charge in [-0.05, 0) is 24.1 Å². The van der Waals surface area contributed by atoms with Gasteiger partial charge in [-0.25, -0.2) is 14.5 Å². The number of ether oxygens (including phenoxy) is 1. The lowest BCUT2D eigenvalue weighted by molar-refractivity contribution is -0.119. The number of piperazine rings is 1. The first-order valence-corrected chi connectivity index (χ1v) is 11.1. The predicted octanol–water partition coefficient (Wildman–Crippen LogP) is 2.01. The van der Waals surface area contributed by atoms with Crippen LogP contribution < -0.4 is 15.4 Å². The summed E-state index contributed by atoms with van der Waals surface area (Å²) in [5.41, 5.74) is 11.1. The molecule has 3 N–H and O–H groups in total. The Balaban J connectivity index is 1.53. The van der Waals surface area contributed by atoms with Gasteiger partial charge in [0.25, 0.3) is 0 Å². The van der Waals surface area contributed by atoms with Crippen molar-refractivity contribution in [3.8, 4) is 17.0 Å². The number of anilines is 1. The average molecular weight is 449 g/mol. The number of carbonyl (C=O) groups is 1. The molecule has 1 fully saturated rings. The maximum absolute atomic E-state index is 11.2. The minimum Gasteiger partial charge on any atom is -0.493 e. The maximum Gasteiger partial charge on any atom is 0.231 e. The summed E-state index contributed by atoms with van der Waals surface area (Å²) < 4.78 is 7.29. The number of primary amides is 1. The van der Waals surface area contributed by atoms with Gasteiger partial charge in [0.15, 0.2) is 11.4 Å². The van der Waals surface area contributed by atoms with Crippen LogP contribution in [0.2, 0.25) is 0 Å². The second-order valence-corrected chi connectivity index (χ2v) is 8.69. The summed E-state index contributed by atoms with van der Waals surface area (Å²) in [5.74, 6) is 1.57. The van der Waals surface area contributed by atoms with E-state index in [-0.39, 0.29) is 11.8 Å². The molecule has 0 bridgehead atoms. The fourth-order valence-corrected chi connectivity index (χ4v) is 4.58. The highest BCUT2D eigenvalue weighted by Crippen LogP contribution is 2.37. The van der Waals surface area contributed by atoms with E-state index in [9.17, 15) is 4.79 Å². The SMILES string of the molecule is COc1cc(-c2[nH]c3ccc(N4CCN(CC(N)=O)CC4)nc3c2C(C)C)cn2ncnc12. The van der Waals surface area contributed by atoms with Crippen molar-refractivity contribution >= 4 is 28.4 Å². The molecule has 172 valence electrons. The third-order valence-electron chi connectivity index (χ3n) is 6.17. The van der Waals surface area contributed by atoms with E-state index in [4.69, 9.17) is 15.5 Å². The zero-order valence-electron chi connectivity index (χ0n) is 19.1. The Hall–Kier alpha value is -3.66. The molecule has 0 spiro atoms. The fraction of sp³-hybridized carbons (Fsp3) is 0.391. The normalized spacial score (nSPS) is 15.1. The van der Waals surface area contributed by atoms with E-state index < -0.39 is 0 Å². The summed E-state index contributed by atoms with van der Waals surface area (Å²) >= 11 is 0. The Morgan fingerprint density at radius 2 is 2.03 bits per heavy atom. The molecule has 10 heteroatoms. The number of nitrogens with one attached hydrogen (secondary N) is 1. The Bertz CT molecular complexity index is 1320. The van der Waals surface area contributed by atoms with Crippen LogP contribution in [0.3, 0.4) is 0 Å². The summed E-state index contributed by atoms with van der Waals surface area (Å²) in [6.07, 6.45) is 3.48. The summed E-state index contributed by atoms with van der Waals surface area (Å²) in [7, 11) is 1.64. The van der Waals surface area contributed by atoms with Crippen LogP contribution in [0.25, 0.3) is 27.9 Å². The second kappa shape index (κ2) is 8.36. The molecule has 4 aromatic rings. The van der Waals surface area contributed by atoms with Crippen molar-refractivity contribution in [1.29, 1.82) is 0 Å².